The van der Waals surface area contributed by atoms with Crippen LogP contribution in [0.2, 0.25) is 0 Å². The van der Waals surface area contributed by atoms with Gasteiger partial charge in [0.2, 0.25) is 5.91 Å². The van der Waals surface area contributed by atoms with Gasteiger partial charge in [0.25, 0.3) is 5.91 Å². The Balaban J connectivity index is 2.07. The van der Waals surface area contributed by atoms with Crippen LogP contribution < -0.4 is 11.1 Å². The number of benzene rings is 1. The number of nitrogens with two attached hydrogens (primary N) is 1. The number of hydrogen-bond acceptors (Lipinski definition) is 5. The fraction of sp³-hybridized carbons (Fsp3) is 0.250. The van der Waals surface area contributed by atoms with Gasteiger partial charge in [-0.25, -0.2) is 8.42 Å². The molecule has 3 N–H and O–H groups in total. The zero-order valence-corrected chi connectivity index (χ0v) is 15.0. The SMILES string of the molecule is Cc1sc(NC(=O)CCS(=O)(=O)c2ccccc2)c(C(N)=O)c1C. The Hall–Kier alpha value is -2.19. The molecule has 6 nitrogen and oxygen atoms in total. The minimum absolute atomic E-state index is 0.179. The van der Waals surface area contributed by atoms with Gasteiger partial charge in [0.1, 0.15) is 5.00 Å². The predicted octanol–water partition coefficient (Wildman–Crippen LogP) is 2.27. The number of anilines is 1. The van der Waals surface area contributed by atoms with Crippen LogP contribution in [-0.2, 0) is 14.6 Å². The highest BCUT2D eigenvalue weighted by Gasteiger charge is 2.20. The van der Waals surface area contributed by atoms with Gasteiger partial charge in [-0.2, -0.15) is 0 Å². The summed E-state index contributed by atoms with van der Waals surface area (Å²) in [6.45, 7) is 3.57. The van der Waals surface area contributed by atoms with Crippen LogP contribution in [0.25, 0.3) is 0 Å². The summed E-state index contributed by atoms with van der Waals surface area (Å²) in [5, 5.41) is 2.95. The van der Waals surface area contributed by atoms with Crippen molar-refractivity contribution in [3.63, 3.8) is 0 Å². The van der Waals surface area contributed by atoms with Crippen molar-refractivity contribution in [1.82, 2.24) is 0 Å². The van der Waals surface area contributed by atoms with Crippen LogP contribution in [0.15, 0.2) is 35.2 Å². The van der Waals surface area contributed by atoms with Crippen molar-refractivity contribution >= 4 is 38.0 Å². The normalized spacial score (nSPS) is 11.2. The Morgan fingerprint density at radius 1 is 1.17 bits per heavy atom. The van der Waals surface area contributed by atoms with E-state index in [2.05, 4.69) is 5.32 Å². The molecule has 0 saturated carbocycles. The summed E-state index contributed by atoms with van der Waals surface area (Å²) >= 11 is 1.25. The van der Waals surface area contributed by atoms with E-state index in [4.69, 9.17) is 5.73 Å². The lowest BCUT2D eigenvalue weighted by atomic mass is 10.1. The number of sulfone groups is 1. The molecule has 0 spiro atoms. The number of nitrogens with one attached hydrogen (secondary N) is 1. The van der Waals surface area contributed by atoms with E-state index in [0.29, 0.717) is 5.00 Å². The molecule has 24 heavy (non-hydrogen) atoms. The Bertz CT molecular complexity index is 871. The molecule has 0 saturated heterocycles. The van der Waals surface area contributed by atoms with Crippen molar-refractivity contribution in [2.75, 3.05) is 11.1 Å². The summed E-state index contributed by atoms with van der Waals surface area (Å²) in [5.74, 6) is -1.40. The van der Waals surface area contributed by atoms with Crippen molar-refractivity contribution in [3.05, 3.63) is 46.3 Å². The van der Waals surface area contributed by atoms with Crippen LogP contribution in [0.5, 0.6) is 0 Å². The first-order chi connectivity index (χ1) is 11.2. The number of amides is 2. The molecule has 1 aromatic carbocycles. The second-order valence-electron chi connectivity index (χ2n) is 5.28. The maximum Gasteiger partial charge on any atom is 0.251 e. The number of aryl methyl sites for hydroxylation is 1. The molecular weight excluding hydrogens is 348 g/mol. The molecule has 2 rings (SSSR count). The highest BCUT2D eigenvalue weighted by molar-refractivity contribution is 7.91. The molecular formula is C16H18N2O4S2. The predicted molar refractivity (Wildman–Crippen MR) is 94.1 cm³/mol. The fourth-order valence-electron chi connectivity index (χ4n) is 2.17. The molecule has 2 amide bonds. The Labute approximate surface area is 144 Å². The zero-order chi connectivity index (χ0) is 17.9. The molecule has 0 bridgehead atoms. The molecule has 0 unspecified atom stereocenters. The van der Waals surface area contributed by atoms with E-state index >= 15 is 0 Å². The lowest BCUT2D eigenvalue weighted by molar-refractivity contribution is -0.115. The minimum Gasteiger partial charge on any atom is -0.365 e. The highest BCUT2D eigenvalue weighted by atomic mass is 32.2. The van der Waals surface area contributed by atoms with Crippen LogP contribution in [0.4, 0.5) is 5.00 Å². The lowest BCUT2D eigenvalue weighted by Gasteiger charge is -2.06. The second kappa shape index (κ2) is 7.14. The molecule has 128 valence electrons. The smallest absolute Gasteiger partial charge is 0.251 e. The van der Waals surface area contributed by atoms with Gasteiger partial charge in [-0.3, -0.25) is 9.59 Å². The van der Waals surface area contributed by atoms with Gasteiger partial charge in [-0.1, -0.05) is 18.2 Å². The maximum atomic E-state index is 12.2. The van der Waals surface area contributed by atoms with E-state index in [1.165, 1.54) is 23.5 Å². The number of carbonyl (C=O) groups excluding carboxylic acids is 2. The van der Waals surface area contributed by atoms with Crippen LogP contribution >= 0.6 is 11.3 Å². The van der Waals surface area contributed by atoms with Crippen LogP contribution in [0, 0.1) is 13.8 Å². The van der Waals surface area contributed by atoms with Crippen LogP contribution in [0.1, 0.15) is 27.2 Å². The topological polar surface area (TPSA) is 106 Å². The van der Waals surface area contributed by atoms with Gasteiger partial charge in [0.15, 0.2) is 9.84 Å². The summed E-state index contributed by atoms with van der Waals surface area (Å²) in [7, 11) is -3.53. The molecule has 2 aromatic rings. The lowest BCUT2D eigenvalue weighted by Crippen LogP contribution is -2.19. The molecule has 0 fully saturated rings. The first-order valence-electron chi connectivity index (χ1n) is 7.20. The second-order valence-corrected chi connectivity index (χ2v) is 8.62. The summed E-state index contributed by atoms with van der Waals surface area (Å²) in [6, 6.07) is 7.96. The maximum absolute atomic E-state index is 12.2. The fourth-order valence-corrected chi connectivity index (χ4v) is 4.52. The summed E-state index contributed by atoms with van der Waals surface area (Å²) in [4.78, 5) is 24.6. The summed E-state index contributed by atoms with van der Waals surface area (Å²) in [6.07, 6.45) is -0.203. The van der Waals surface area contributed by atoms with Gasteiger partial charge in [0, 0.05) is 11.3 Å². The van der Waals surface area contributed by atoms with Gasteiger partial charge in [-0.15, -0.1) is 11.3 Å². The number of carbonyl (C=O) groups is 2. The first kappa shape index (κ1) is 18.2. The van der Waals surface area contributed by atoms with Gasteiger partial charge < -0.3 is 11.1 Å². The molecule has 0 aliphatic carbocycles. The number of rotatable bonds is 6. The van der Waals surface area contributed by atoms with Crippen molar-refractivity contribution < 1.29 is 18.0 Å². The molecule has 1 heterocycles. The van der Waals surface area contributed by atoms with Crippen molar-refractivity contribution in [1.29, 1.82) is 0 Å². The van der Waals surface area contributed by atoms with E-state index in [-0.39, 0.29) is 22.6 Å². The molecule has 0 aliphatic heterocycles. The number of hydrogen-bond donors (Lipinski definition) is 2. The molecule has 0 atom stereocenters. The van der Waals surface area contributed by atoms with Gasteiger partial charge in [0.05, 0.1) is 16.2 Å². The first-order valence-corrected chi connectivity index (χ1v) is 9.66. The van der Waals surface area contributed by atoms with Crippen molar-refractivity contribution in [2.24, 2.45) is 5.73 Å². The Morgan fingerprint density at radius 2 is 1.79 bits per heavy atom. The molecule has 0 radical (unpaired) electrons. The van der Waals surface area contributed by atoms with Gasteiger partial charge >= 0.3 is 0 Å². The minimum atomic E-state index is -3.53. The third-order valence-corrected chi connectivity index (χ3v) is 6.44. The van der Waals surface area contributed by atoms with Crippen LogP contribution in [-0.4, -0.2) is 26.0 Å². The van der Waals surface area contributed by atoms with E-state index < -0.39 is 21.7 Å². The average Bonchev–Trinajstić information content (AvgIpc) is 2.80. The third kappa shape index (κ3) is 4.01. The standard InChI is InChI=1S/C16H18N2O4S2/c1-10-11(2)23-16(14(10)15(17)20)18-13(19)8-9-24(21,22)12-6-4-3-5-7-12/h3-7H,8-9H2,1-2H3,(H2,17,20)(H,18,19). The van der Waals surface area contributed by atoms with Crippen LogP contribution in [0.3, 0.4) is 0 Å². The van der Waals surface area contributed by atoms with Crippen molar-refractivity contribution in [2.45, 2.75) is 25.2 Å². The Kier molecular flexibility index (Phi) is 5.40. The average molecular weight is 366 g/mol. The zero-order valence-electron chi connectivity index (χ0n) is 13.3. The Morgan fingerprint density at radius 3 is 2.38 bits per heavy atom. The van der Waals surface area contributed by atoms with E-state index in [1.807, 2.05) is 6.92 Å². The molecule has 0 aliphatic rings. The third-order valence-electron chi connectivity index (χ3n) is 3.58. The highest BCUT2D eigenvalue weighted by Crippen LogP contribution is 2.32. The summed E-state index contributed by atoms with van der Waals surface area (Å²) in [5.41, 5.74) is 6.34. The quantitative estimate of drug-likeness (QED) is 0.818. The monoisotopic (exact) mass is 366 g/mol. The number of primary amides is 1. The van der Waals surface area contributed by atoms with E-state index in [1.54, 1.807) is 25.1 Å². The number of thiophene rings is 1. The molecule has 1 aromatic heterocycles. The largest absolute Gasteiger partial charge is 0.365 e. The molecule has 8 heteroatoms. The summed E-state index contributed by atoms with van der Waals surface area (Å²) < 4.78 is 24.3. The van der Waals surface area contributed by atoms with Gasteiger partial charge in [-0.05, 0) is 31.5 Å². The van der Waals surface area contributed by atoms with E-state index in [9.17, 15) is 18.0 Å². The van der Waals surface area contributed by atoms with Crippen molar-refractivity contribution in [3.8, 4) is 0 Å². The van der Waals surface area contributed by atoms with E-state index in [0.717, 1.165) is 10.4 Å².